The molecule has 0 N–H and O–H groups in total. The van der Waals surface area contributed by atoms with Crippen LogP contribution in [-0.4, -0.2) is 19.9 Å². The van der Waals surface area contributed by atoms with Crippen LogP contribution in [0.1, 0.15) is 36.9 Å². The van der Waals surface area contributed by atoms with E-state index in [9.17, 15) is 0 Å². The Kier molecular flexibility index (Phi) is 9.51. The zero-order chi connectivity index (χ0) is 21.9. The highest BCUT2D eigenvalue weighted by Gasteiger charge is 2.10. The van der Waals surface area contributed by atoms with Gasteiger partial charge in [0.25, 0.3) is 0 Å². The van der Waals surface area contributed by atoms with Gasteiger partial charge in [0.2, 0.25) is 0 Å². The molecule has 2 aromatic heterocycles. The molecule has 2 rings (SSSR count). The van der Waals surface area contributed by atoms with Gasteiger partial charge in [0, 0.05) is 22.5 Å². The molecule has 0 aromatic carbocycles. The van der Waals surface area contributed by atoms with Crippen LogP contribution in [-0.2, 0) is 0 Å². The quantitative estimate of drug-likeness (QED) is 0.241. The minimum atomic E-state index is 0.663. The molecule has 0 saturated carbocycles. The summed E-state index contributed by atoms with van der Waals surface area (Å²) in [6, 6.07) is 3.94. The van der Waals surface area contributed by atoms with Crippen molar-refractivity contribution in [1.82, 2.24) is 19.9 Å². The van der Waals surface area contributed by atoms with E-state index in [1.807, 2.05) is 76.3 Å². The third-order valence-electron chi connectivity index (χ3n) is 3.80. The second-order valence-electron chi connectivity index (χ2n) is 6.20. The van der Waals surface area contributed by atoms with Crippen LogP contribution in [0, 0.1) is 13.8 Å². The van der Waals surface area contributed by atoms with Gasteiger partial charge in [-0.15, -0.1) is 0 Å². The highest BCUT2D eigenvalue weighted by molar-refractivity contribution is 8.76. The summed E-state index contributed by atoms with van der Waals surface area (Å²) in [6.45, 7) is 15.5. The molecular weight excluding hydrogens is 408 g/mol. The Balaban J connectivity index is 2.28. The van der Waals surface area contributed by atoms with Gasteiger partial charge in [-0.05, 0) is 61.4 Å². The first-order valence-electron chi connectivity index (χ1n) is 9.48. The van der Waals surface area contributed by atoms with Gasteiger partial charge in [0.1, 0.15) is 10.1 Å². The average molecular weight is 435 g/mol. The van der Waals surface area contributed by atoms with Crippen LogP contribution in [0.25, 0.3) is 11.1 Å². The van der Waals surface area contributed by atoms with Crippen molar-refractivity contribution >= 4 is 32.7 Å². The summed E-state index contributed by atoms with van der Waals surface area (Å²) in [5.74, 6) is 1.36. The smallest absolute Gasteiger partial charge is 0.160 e. The Labute approximate surface area is 187 Å². The molecule has 4 nitrogen and oxygen atoms in total. The Morgan fingerprint density at radius 3 is 1.87 bits per heavy atom. The van der Waals surface area contributed by atoms with Crippen molar-refractivity contribution in [2.24, 2.45) is 0 Å². The van der Waals surface area contributed by atoms with Crippen molar-refractivity contribution in [3.63, 3.8) is 0 Å². The van der Waals surface area contributed by atoms with Crippen molar-refractivity contribution in [3.05, 3.63) is 96.9 Å². The Bertz CT molecular complexity index is 1030. The van der Waals surface area contributed by atoms with Gasteiger partial charge in [-0.25, -0.2) is 19.9 Å². The van der Waals surface area contributed by atoms with E-state index in [0.29, 0.717) is 11.6 Å². The van der Waals surface area contributed by atoms with Crippen LogP contribution in [0.5, 0.6) is 0 Å². The van der Waals surface area contributed by atoms with Crippen molar-refractivity contribution in [2.45, 2.75) is 37.7 Å². The van der Waals surface area contributed by atoms with Crippen LogP contribution in [0.3, 0.4) is 0 Å². The first-order valence-corrected chi connectivity index (χ1v) is 11.6. The molecule has 2 aromatic rings. The molecular formula is C24H26N4S2. The average Bonchev–Trinajstić information content (AvgIpc) is 2.73. The SMILES string of the molecule is C=C/C=C\C(=C/C)c1nc(C)cc(SSc2cc(C)nc(/C(C=C)=C/C=C\C)n2)n1. The van der Waals surface area contributed by atoms with Crippen LogP contribution >= 0.6 is 21.6 Å². The third-order valence-corrected chi connectivity index (χ3v) is 5.92. The van der Waals surface area contributed by atoms with Gasteiger partial charge in [-0.1, -0.05) is 61.8 Å². The molecule has 0 aliphatic carbocycles. The number of aryl methyl sites for hydroxylation is 2. The van der Waals surface area contributed by atoms with Crippen LogP contribution < -0.4 is 0 Å². The lowest BCUT2D eigenvalue weighted by Crippen LogP contribution is -1.97. The molecule has 0 saturated heterocycles. The minimum absolute atomic E-state index is 0.663. The summed E-state index contributed by atoms with van der Waals surface area (Å²) in [5.41, 5.74) is 3.66. The number of hydrogen-bond acceptors (Lipinski definition) is 6. The van der Waals surface area contributed by atoms with E-state index in [-0.39, 0.29) is 0 Å². The fourth-order valence-electron chi connectivity index (χ4n) is 2.41. The number of rotatable bonds is 9. The molecule has 0 atom stereocenters. The number of hydrogen-bond donors (Lipinski definition) is 0. The van der Waals surface area contributed by atoms with Crippen molar-refractivity contribution in [1.29, 1.82) is 0 Å². The first-order chi connectivity index (χ1) is 14.5. The van der Waals surface area contributed by atoms with E-state index < -0.39 is 0 Å². The maximum atomic E-state index is 4.71. The van der Waals surface area contributed by atoms with Gasteiger partial charge in [-0.2, -0.15) is 0 Å². The number of allylic oxidation sites excluding steroid dienone is 10. The lowest BCUT2D eigenvalue weighted by Gasteiger charge is -2.08. The second kappa shape index (κ2) is 12.1. The summed E-state index contributed by atoms with van der Waals surface area (Å²) in [7, 11) is 3.10. The van der Waals surface area contributed by atoms with Gasteiger partial charge in [-0.3, -0.25) is 0 Å². The minimum Gasteiger partial charge on any atom is -0.233 e. The summed E-state index contributed by atoms with van der Waals surface area (Å²) >= 11 is 0. The topological polar surface area (TPSA) is 51.6 Å². The number of nitrogens with zero attached hydrogens (tertiary/aromatic N) is 4. The summed E-state index contributed by atoms with van der Waals surface area (Å²) in [6.07, 6.45) is 15.2. The molecule has 0 fully saturated rings. The second-order valence-corrected chi connectivity index (χ2v) is 8.37. The molecule has 0 aliphatic heterocycles. The van der Waals surface area contributed by atoms with Crippen molar-refractivity contribution < 1.29 is 0 Å². The molecule has 2 heterocycles. The van der Waals surface area contributed by atoms with Crippen molar-refractivity contribution in [2.75, 3.05) is 0 Å². The van der Waals surface area contributed by atoms with Gasteiger partial charge in [0.05, 0.1) is 0 Å². The monoisotopic (exact) mass is 434 g/mol. The highest BCUT2D eigenvalue weighted by atomic mass is 33.1. The normalized spacial score (nSPS) is 12.7. The molecule has 0 radical (unpaired) electrons. The van der Waals surface area contributed by atoms with Crippen LogP contribution in [0.2, 0.25) is 0 Å². The Hall–Kier alpha value is -2.70. The van der Waals surface area contributed by atoms with Gasteiger partial charge >= 0.3 is 0 Å². The lowest BCUT2D eigenvalue weighted by atomic mass is 10.2. The lowest BCUT2D eigenvalue weighted by molar-refractivity contribution is 0.978. The summed E-state index contributed by atoms with van der Waals surface area (Å²) in [5, 5.41) is 1.74. The molecule has 154 valence electrons. The van der Waals surface area contributed by atoms with Crippen LogP contribution in [0.15, 0.2) is 84.0 Å². The van der Waals surface area contributed by atoms with Gasteiger partial charge in [0.15, 0.2) is 11.6 Å². The van der Waals surface area contributed by atoms with E-state index in [4.69, 9.17) is 4.98 Å². The van der Waals surface area contributed by atoms with E-state index in [0.717, 1.165) is 32.6 Å². The Morgan fingerprint density at radius 1 is 0.833 bits per heavy atom. The summed E-state index contributed by atoms with van der Waals surface area (Å²) in [4.78, 5) is 18.5. The predicted octanol–water partition coefficient (Wildman–Crippen LogP) is 6.97. The van der Waals surface area contributed by atoms with E-state index >= 15 is 0 Å². The van der Waals surface area contributed by atoms with Gasteiger partial charge < -0.3 is 0 Å². The Morgan fingerprint density at radius 2 is 1.40 bits per heavy atom. The molecule has 30 heavy (non-hydrogen) atoms. The fraction of sp³-hybridized carbons (Fsp3) is 0.167. The fourth-order valence-corrected chi connectivity index (χ4v) is 4.29. The van der Waals surface area contributed by atoms with E-state index in [2.05, 4.69) is 28.1 Å². The molecule has 0 aliphatic rings. The predicted molar refractivity (Wildman–Crippen MR) is 131 cm³/mol. The third kappa shape index (κ3) is 6.97. The zero-order valence-corrected chi connectivity index (χ0v) is 19.4. The van der Waals surface area contributed by atoms with Crippen LogP contribution in [0.4, 0.5) is 0 Å². The zero-order valence-electron chi connectivity index (χ0n) is 17.8. The van der Waals surface area contributed by atoms with Crippen molar-refractivity contribution in [3.8, 4) is 0 Å². The molecule has 6 heteroatoms. The first kappa shape index (κ1) is 23.6. The maximum absolute atomic E-state index is 4.71. The maximum Gasteiger partial charge on any atom is 0.160 e. The highest BCUT2D eigenvalue weighted by Crippen LogP contribution is 2.36. The largest absolute Gasteiger partial charge is 0.233 e. The standard InChI is InChI=1S/C24H26N4S2/c1-7-11-13-19(9-3)23-25-17(5)15-21(27-23)29-30-22-16-18(6)26-24(28-22)20(10-4)14-12-8-2/h7-16H,1,4H2,2-3,5-6H3/b12-8-,13-11-,19-9+,20-14+. The molecule has 0 bridgehead atoms. The molecule has 0 unspecified atom stereocenters. The van der Waals surface area contributed by atoms with E-state index in [1.165, 1.54) is 0 Å². The number of aromatic nitrogens is 4. The summed E-state index contributed by atoms with van der Waals surface area (Å²) < 4.78 is 0. The molecule has 0 amide bonds. The molecule has 0 spiro atoms. The van der Waals surface area contributed by atoms with E-state index in [1.54, 1.807) is 33.7 Å².